The molecule has 1 aliphatic heterocycles. The molecule has 0 saturated heterocycles. The lowest BCUT2D eigenvalue weighted by Gasteiger charge is -2.16. The van der Waals surface area contributed by atoms with Crippen molar-refractivity contribution < 1.29 is 0 Å². The smallest absolute Gasteiger partial charge is 0.0402 e. The van der Waals surface area contributed by atoms with Crippen LogP contribution in [0.3, 0.4) is 0 Å². The number of aryl methyl sites for hydroxylation is 1. The van der Waals surface area contributed by atoms with E-state index in [1.807, 2.05) is 0 Å². The van der Waals surface area contributed by atoms with Crippen molar-refractivity contribution in [1.82, 2.24) is 0 Å². The second-order valence-electron chi connectivity index (χ2n) is 4.38. The van der Waals surface area contributed by atoms with Gasteiger partial charge in [-0.15, -0.1) is 0 Å². The van der Waals surface area contributed by atoms with E-state index in [2.05, 4.69) is 36.9 Å². The van der Waals surface area contributed by atoms with Gasteiger partial charge in [0.2, 0.25) is 0 Å². The Morgan fingerprint density at radius 3 is 2.93 bits per heavy atom. The molecule has 0 spiro atoms. The molecule has 2 nitrogen and oxygen atoms in total. The Hall–Kier alpha value is -1.02. The van der Waals surface area contributed by atoms with Gasteiger partial charge >= 0.3 is 0 Å². The second-order valence-corrected chi connectivity index (χ2v) is 4.38. The van der Waals surface area contributed by atoms with E-state index in [-0.39, 0.29) is 0 Å². The van der Waals surface area contributed by atoms with Gasteiger partial charge in [0.25, 0.3) is 0 Å². The van der Waals surface area contributed by atoms with Crippen LogP contribution < -0.4 is 10.6 Å². The van der Waals surface area contributed by atoms with Crippen molar-refractivity contribution in [2.24, 2.45) is 5.73 Å². The SMILES string of the molecule is CCN1CC(CCN)c2cc(C)ccc21. The van der Waals surface area contributed by atoms with Crippen molar-refractivity contribution >= 4 is 5.69 Å². The molecule has 1 aromatic rings. The van der Waals surface area contributed by atoms with Crippen molar-refractivity contribution in [1.29, 1.82) is 0 Å². The molecule has 0 bridgehead atoms. The van der Waals surface area contributed by atoms with Gasteiger partial charge < -0.3 is 10.6 Å². The highest BCUT2D eigenvalue weighted by Crippen LogP contribution is 2.38. The Balaban J connectivity index is 2.34. The summed E-state index contributed by atoms with van der Waals surface area (Å²) < 4.78 is 0. The van der Waals surface area contributed by atoms with Crippen LogP contribution in [-0.4, -0.2) is 19.6 Å². The Kier molecular flexibility index (Phi) is 2.96. The van der Waals surface area contributed by atoms with E-state index in [1.165, 1.54) is 16.8 Å². The van der Waals surface area contributed by atoms with E-state index in [1.54, 1.807) is 0 Å². The summed E-state index contributed by atoms with van der Waals surface area (Å²) in [6, 6.07) is 6.78. The lowest BCUT2D eigenvalue weighted by Crippen LogP contribution is -2.21. The number of fused-ring (bicyclic) bond motifs is 1. The van der Waals surface area contributed by atoms with Gasteiger partial charge in [-0.05, 0) is 38.4 Å². The van der Waals surface area contributed by atoms with Crippen LogP contribution in [0.25, 0.3) is 0 Å². The molecule has 0 amide bonds. The average molecular weight is 204 g/mol. The maximum Gasteiger partial charge on any atom is 0.0402 e. The number of likely N-dealkylation sites (N-methyl/N-ethyl adjacent to an activating group) is 1. The van der Waals surface area contributed by atoms with Gasteiger partial charge in [0.05, 0.1) is 0 Å². The largest absolute Gasteiger partial charge is 0.371 e. The van der Waals surface area contributed by atoms with E-state index < -0.39 is 0 Å². The fourth-order valence-corrected chi connectivity index (χ4v) is 2.50. The molecule has 2 rings (SSSR count). The average Bonchev–Trinajstić information content (AvgIpc) is 2.57. The molecule has 1 heterocycles. The van der Waals surface area contributed by atoms with Crippen LogP contribution >= 0.6 is 0 Å². The van der Waals surface area contributed by atoms with E-state index in [0.29, 0.717) is 5.92 Å². The maximum absolute atomic E-state index is 5.67. The van der Waals surface area contributed by atoms with Gasteiger partial charge in [-0.3, -0.25) is 0 Å². The number of hydrogen-bond acceptors (Lipinski definition) is 2. The molecule has 0 saturated carbocycles. The van der Waals surface area contributed by atoms with Gasteiger partial charge in [0.1, 0.15) is 0 Å². The van der Waals surface area contributed by atoms with Crippen molar-refractivity contribution in [2.75, 3.05) is 24.5 Å². The van der Waals surface area contributed by atoms with Crippen LogP contribution in [0.5, 0.6) is 0 Å². The minimum absolute atomic E-state index is 0.643. The molecule has 2 N–H and O–H groups in total. The molecule has 0 fully saturated rings. The molecule has 1 unspecified atom stereocenters. The third-order valence-corrected chi connectivity index (χ3v) is 3.30. The van der Waals surface area contributed by atoms with Gasteiger partial charge in [-0.2, -0.15) is 0 Å². The Morgan fingerprint density at radius 2 is 2.27 bits per heavy atom. The molecular weight excluding hydrogens is 184 g/mol. The predicted octanol–water partition coefficient (Wildman–Crippen LogP) is 2.27. The molecule has 1 aromatic carbocycles. The standard InChI is InChI=1S/C13H20N2/c1-3-15-9-11(6-7-14)12-8-10(2)4-5-13(12)15/h4-5,8,11H,3,6-7,9,14H2,1-2H3. The Labute approximate surface area is 92.1 Å². The first-order chi connectivity index (χ1) is 7.26. The van der Waals surface area contributed by atoms with Crippen LogP contribution in [0.1, 0.15) is 30.4 Å². The summed E-state index contributed by atoms with van der Waals surface area (Å²) in [5.74, 6) is 0.643. The number of nitrogens with two attached hydrogens (primary N) is 1. The summed E-state index contributed by atoms with van der Waals surface area (Å²) in [6.45, 7) is 7.40. The van der Waals surface area contributed by atoms with Crippen LogP contribution in [-0.2, 0) is 0 Å². The van der Waals surface area contributed by atoms with E-state index >= 15 is 0 Å². The summed E-state index contributed by atoms with van der Waals surface area (Å²) in [7, 11) is 0. The number of rotatable bonds is 3. The monoisotopic (exact) mass is 204 g/mol. The molecule has 1 atom stereocenters. The van der Waals surface area contributed by atoms with E-state index in [4.69, 9.17) is 5.73 Å². The summed E-state index contributed by atoms with van der Waals surface area (Å²) in [4.78, 5) is 2.45. The molecule has 0 radical (unpaired) electrons. The quantitative estimate of drug-likeness (QED) is 0.818. The highest BCUT2D eigenvalue weighted by atomic mass is 15.1. The second kappa shape index (κ2) is 4.23. The molecule has 0 aromatic heterocycles. The normalized spacial score (nSPS) is 19.4. The zero-order valence-corrected chi connectivity index (χ0v) is 9.66. The third kappa shape index (κ3) is 1.86. The van der Waals surface area contributed by atoms with Gasteiger partial charge in [-0.1, -0.05) is 17.7 Å². The highest BCUT2D eigenvalue weighted by Gasteiger charge is 2.26. The van der Waals surface area contributed by atoms with Crippen LogP contribution in [0, 0.1) is 6.92 Å². The third-order valence-electron chi connectivity index (χ3n) is 3.30. The number of anilines is 1. The number of nitrogens with zero attached hydrogens (tertiary/aromatic N) is 1. The van der Waals surface area contributed by atoms with Crippen molar-refractivity contribution in [2.45, 2.75) is 26.2 Å². The summed E-state index contributed by atoms with van der Waals surface area (Å²) >= 11 is 0. The maximum atomic E-state index is 5.67. The predicted molar refractivity (Wildman–Crippen MR) is 65.5 cm³/mol. The van der Waals surface area contributed by atoms with Crippen molar-refractivity contribution in [3.8, 4) is 0 Å². The summed E-state index contributed by atoms with van der Waals surface area (Å²) in [6.07, 6.45) is 1.10. The minimum Gasteiger partial charge on any atom is -0.371 e. The zero-order chi connectivity index (χ0) is 10.8. The van der Waals surface area contributed by atoms with Gasteiger partial charge in [-0.25, -0.2) is 0 Å². The Morgan fingerprint density at radius 1 is 1.47 bits per heavy atom. The summed E-state index contributed by atoms with van der Waals surface area (Å²) in [5, 5.41) is 0. The molecule has 0 aliphatic carbocycles. The first-order valence-electron chi connectivity index (χ1n) is 5.81. The fraction of sp³-hybridized carbons (Fsp3) is 0.538. The Bertz CT molecular complexity index is 346. The first-order valence-corrected chi connectivity index (χ1v) is 5.81. The first kappa shape index (κ1) is 10.5. The summed E-state index contributed by atoms with van der Waals surface area (Å²) in [5.41, 5.74) is 9.95. The lowest BCUT2D eigenvalue weighted by molar-refractivity contribution is 0.650. The molecule has 82 valence electrons. The van der Waals surface area contributed by atoms with Gasteiger partial charge in [0, 0.05) is 24.7 Å². The zero-order valence-electron chi connectivity index (χ0n) is 9.66. The van der Waals surface area contributed by atoms with Crippen LogP contribution in [0.15, 0.2) is 18.2 Å². The number of hydrogen-bond donors (Lipinski definition) is 1. The molecule has 15 heavy (non-hydrogen) atoms. The molecule has 1 aliphatic rings. The van der Waals surface area contributed by atoms with E-state index in [0.717, 1.165) is 26.1 Å². The van der Waals surface area contributed by atoms with Crippen molar-refractivity contribution in [3.05, 3.63) is 29.3 Å². The molecular formula is C13H20N2. The van der Waals surface area contributed by atoms with E-state index in [9.17, 15) is 0 Å². The van der Waals surface area contributed by atoms with Crippen LogP contribution in [0.2, 0.25) is 0 Å². The number of benzene rings is 1. The van der Waals surface area contributed by atoms with Crippen molar-refractivity contribution in [3.63, 3.8) is 0 Å². The lowest BCUT2D eigenvalue weighted by atomic mass is 9.97. The van der Waals surface area contributed by atoms with Gasteiger partial charge in [0.15, 0.2) is 0 Å². The fourth-order valence-electron chi connectivity index (χ4n) is 2.50. The minimum atomic E-state index is 0.643. The van der Waals surface area contributed by atoms with Crippen LogP contribution in [0.4, 0.5) is 5.69 Å². The topological polar surface area (TPSA) is 29.3 Å². The highest BCUT2D eigenvalue weighted by molar-refractivity contribution is 5.61. The molecule has 2 heteroatoms.